The summed E-state index contributed by atoms with van der Waals surface area (Å²) in [5.74, 6) is -0.321. The lowest BCUT2D eigenvalue weighted by Gasteiger charge is -2.24. The first kappa shape index (κ1) is 11.9. The molecule has 1 fully saturated rings. The van der Waals surface area contributed by atoms with Gasteiger partial charge in [-0.3, -0.25) is 9.59 Å². The zero-order valence-corrected chi connectivity index (χ0v) is 9.98. The van der Waals surface area contributed by atoms with E-state index >= 15 is 0 Å². The third-order valence-corrected chi connectivity index (χ3v) is 3.35. The Balaban J connectivity index is 2.30. The highest BCUT2D eigenvalue weighted by Crippen LogP contribution is 2.28. The Labute approximate surface area is 104 Å². The summed E-state index contributed by atoms with van der Waals surface area (Å²) in [6, 6.07) is 4.87. The molecule has 2 N–H and O–H groups in total. The quantitative estimate of drug-likeness (QED) is 0.832. The lowest BCUT2D eigenvalue weighted by atomic mass is 10.1. The van der Waals surface area contributed by atoms with Gasteiger partial charge < -0.3 is 10.6 Å². The van der Waals surface area contributed by atoms with Crippen molar-refractivity contribution < 1.29 is 9.59 Å². The van der Waals surface area contributed by atoms with Crippen LogP contribution < -0.4 is 10.6 Å². The molecule has 0 aromatic heterocycles. The van der Waals surface area contributed by atoms with Crippen LogP contribution in [0.3, 0.4) is 0 Å². The molecule has 1 unspecified atom stereocenters. The summed E-state index contributed by atoms with van der Waals surface area (Å²) >= 11 is 5.96. The Kier molecular flexibility index (Phi) is 3.33. The summed E-state index contributed by atoms with van der Waals surface area (Å²) in [7, 11) is 0. The van der Waals surface area contributed by atoms with Crippen LogP contribution in [0, 0.1) is 0 Å². The van der Waals surface area contributed by atoms with Crippen molar-refractivity contribution in [3.8, 4) is 0 Å². The first-order valence-corrected chi connectivity index (χ1v) is 5.82. The van der Waals surface area contributed by atoms with Crippen LogP contribution in [0.4, 0.5) is 5.69 Å². The lowest BCUT2D eigenvalue weighted by Crippen LogP contribution is -2.40. The number of primary amides is 1. The topological polar surface area (TPSA) is 63.4 Å². The molecule has 0 spiro atoms. The number of rotatable bonds is 3. The zero-order valence-electron chi connectivity index (χ0n) is 9.23. The van der Waals surface area contributed by atoms with Crippen molar-refractivity contribution in [3.63, 3.8) is 0 Å². The molecule has 17 heavy (non-hydrogen) atoms. The number of carbonyl (C=O) groups is 2. The Hall–Kier alpha value is -1.55. The van der Waals surface area contributed by atoms with Gasteiger partial charge in [-0.1, -0.05) is 11.6 Å². The highest BCUT2D eigenvalue weighted by Gasteiger charge is 2.29. The van der Waals surface area contributed by atoms with Gasteiger partial charge in [0.05, 0.1) is 5.02 Å². The molecule has 1 saturated heterocycles. The van der Waals surface area contributed by atoms with Gasteiger partial charge >= 0.3 is 0 Å². The molecule has 1 aliphatic heterocycles. The highest BCUT2D eigenvalue weighted by atomic mass is 35.5. The van der Waals surface area contributed by atoms with Crippen molar-refractivity contribution in [1.82, 2.24) is 0 Å². The third kappa shape index (κ3) is 2.26. The minimum Gasteiger partial charge on any atom is -0.368 e. The molecule has 0 saturated carbocycles. The van der Waals surface area contributed by atoms with E-state index in [-0.39, 0.29) is 11.9 Å². The number of nitrogens with zero attached hydrogens (tertiary/aromatic N) is 1. The molecule has 1 aromatic rings. The molecule has 2 rings (SSSR count). The monoisotopic (exact) mass is 252 g/mol. The fourth-order valence-electron chi connectivity index (χ4n) is 2.16. The Morgan fingerprint density at radius 2 is 2.29 bits per heavy atom. The number of carbonyl (C=O) groups excluding carboxylic acids is 2. The van der Waals surface area contributed by atoms with E-state index in [2.05, 4.69) is 0 Å². The molecule has 5 heteroatoms. The van der Waals surface area contributed by atoms with Gasteiger partial charge in [-0.05, 0) is 31.0 Å². The minimum absolute atomic E-state index is 0.270. The number of aldehydes is 1. The van der Waals surface area contributed by atoms with E-state index in [1.54, 1.807) is 18.2 Å². The SMILES string of the molecule is NC(=O)C1CCCN1c1ccc(C=O)c(Cl)c1. The molecule has 90 valence electrons. The fraction of sp³-hybridized carbons (Fsp3) is 0.333. The van der Waals surface area contributed by atoms with Crippen molar-refractivity contribution in [3.05, 3.63) is 28.8 Å². The molecule has 1 atom stereocenters. The maximum atomic E-state index is 11.3. The van der Waals surface area contributed by atoms with Crippen LogP contribution in [0.2, 0.25) is 5.02 Å². The number of benzene rings is 1. The largest absolute Gasteiger partial charge is 0.368 e. The maximum Gasteiger partial charge on any atom is 0.240 e. The number of halogens is 1. The molecule has 0 bridgehead atoms. The first-order valence-electron chi connectivity index (χ1n) is 5.44. The van der Waals surface area contributed by atoms with Crippen molar-refractivity contribution in [2.45, 2.75) is 18.9 Å². The summed E-state index contributed by atoms with van der Waals surface area (Å²) in [6.45, 7) is 0.782. The summed E-state index contributed by atoms with van der Waals surface area (Å²) in [5, 5.41) is 0.396. The number of nitrogens with two attached hydrogens (primary N) is 1. The molecular weight excluding hydrogens is 240 g/mol. The van der Waals surface area contributed by atoms with Gasteiger partial charge in [0.1, 0.15) is 6.04 Å². The van der Waals surface area contributed by atoms with Gasteiger partial charge in [-0.15, -0.1) is 0 Å². The number of hydrogen-bond donors (Lipinski definition) is 1. The van der Waals surface area contributed by atoms with E-state index in [0.717, 1.165) is 25.1 Å². The average molecular weight is 253 g/mol. The van der Waals surface area contributed by atoms with Gasteiger partial charge in [0, 0.05) is 17.8 Å². The highest BCUT2D eigenvalue weighted by molar-refractivity contribution is 6.33. The second-order valence-electron chi connectivity index (χ2n) is 4.08. The second kappa shape index (κ2) is 4.75. The molecule has 0 aliphatic carbocycles. The van der Waals surface area contributed by atoms with Crippen LogP contribution >= 0.6 is 11.6 Å². The number of amides is 1. The third-order valence-electron chi connectivity index (χ3n) is 3.02. The van der Waals surface area contributed by atoms with E-state index in [1.807, 2.05) is 4.90 Å². The van der Waals surface area contributed by atoms with Crippen LogP contribution in [0.5, 0.6) is 0 Å². The number of hydrogen-bond acceptors (Lipinski definition) is 3. The Morgan fingerprint density at radius 3 is 2.88 bits per heavy atom. The fourth-order valence-corrected chi connectivity index (χ4v) is 2.38. The van der Waals surface area contributed by atoms with Crippen molar-refractivity contribution in [2.24, 2.45) is 5.73 Å². The molecular formula is C12H13ClN2O2. The van der Waals surface area contributed by atoms with Crippen LogP contribution in [-0.2, 0) is 4.79 Å². The van der Waals surface area contributed by atoms with E-state index in [0.29, 0.717) is 16.9 Å². The van der Waals surface area contributed by atoms with E-state index < -0.39 is 0 Å². The van der Waals surface area contributed by atoms with Gasteiger partial charge in [-0.25, -0.2) is 0 Å². The minimum atomic E-state index is -0.321. The lowest BCUT2D eigenvalue weighted by molar-refractivity contribution is -0.119. The molecule has 1 amide bonds. The van der Waals surface area contributed by atoms with Crippen LogP contribution in [0.25, 0.3) is 0 Å². The van der Waals surface area contributed by atoms with E-state index in [9.17, 15) is 9.59 Å². The van der Waals surface area contributed by atoms with Crippen molar-refractivity contribution >= 4 is 29.5 Å². The predicted molar refractivity (Wildman–Crippen MR) is 66.4 cm³/mol. The maximum absolute atomic E-state index is 11.3. The van der Waals surface area contributed by atoms with Gasteiger partial charge in [-0.2, -0.15) is 0 Å². The first-order chi connectivity index (χ1) is 8.13. The van der Waals surface area contributed by atoms with Gasteiger partial charge in [0.25, 0.3) is 0 Å². The normalized spacial score (nSPS) is 19.4. The van der Waals surface area contributed by atoms with E-state index in [1.165, 1.54) is 0 Å². The van der Waals surface area contributed by atoms with Crippen molar-refractivity contribution in [1.29, 1.82) is 0 Å². The zero-order chi connectivity index (χ0) is 12.4. The van der Waals surface area contributed by atoms with Gasteiger partial charge in [0.2, 0.25) is 5.91 Å². The van der Waals surface area contributed by atoms with Crippen LogP contribution in [-0.4, -0.2) is 24.8 Å². The molecule has 4 nitrogen and oxygen atoms in total. The number of anilines is 1. The van der Waals surface area contributed by atoms with Gasteiger partial charge in [0.15, 0.2) is 6.29 Å². The molecule has 0 radical (unpaired) electrons. The average Bonchev–Trinajstić information content (AvgIpc) is 2.77. The molecule has 1 aliphatic rings. The predicted octanol–water partition coefficient (Wildman–Crippen LogP) is 1.61. The summed E-state index contributed by atoms with van der Waals surface area (Å²) in [6.07, 6.45) is 2.41. The van der Waals surface area contributed by atoms with E-state index in [4.69, 9.17) is 17.3 Å². The molecule has 1 heterocycles. The summed E-state index contributed by atoms with van der Waals surface area (Å²) < 4.78 is 0. The smallest absolute Gasteiger partial charge is 0.240 e. The Morgan fingerprint density at radius 1 is 1.53 bits per heavy atom. The second-order valence-corrected chi connectivity index (χ2v) is 4.48. The Bertz CT molecular complexity index is 462. The van der Waals surface area contributed by atoms with Crippen molar-refractivity contribution in [2.75, 3.05) is 11.4 Å². The van der Waals surface area contributed by atoms with Crippen LogP contribution in [0.1, 0.15) is 23.2 Å². The molecule has 1 aromatic carbocycles. The summed E-state index contributed by atoms with van der Waals surface area (Å²) in [4.78, 5) is 23.9. The summed E-state index contributed by atoms with van der Waals surface area (Å²) in [5.41, 5.74) is 6.63. The van der Waals surface area contributed by atoms with Crippen LogP contribution in [0.15, 0.2) is 18.2 Å². The standard InChI is InChI=1S/C12H13ClN2O2/c13-10-6-9(4-3-8(10)7-16)15-5-1-2-11(15)12(14)17/h3-4,6-7,11H,1-2,5H2,(H2,14,17).